The Hall–Kier alpha value is -0.950. The van der Waals surface area contributed by atoms with E-state index >= 15 is 0 Å². The normalized spacial score (nSPS) is 22.9. The molecule has 0 saturated carbocycles. The quantitative estimate of drug-likeness (QED) is 0.894. The molecule has 2 atom stereocenters. The number of likely N-dealkylation sites (N-methyl/N-ethyl adjacent to an activating group) is 1. The number of nitrogens with two attached hydrogens (primary N) is 1. The van der Waals surface area contributed by atoms with Gasteiger partial charge in [0, 0.05) is 20.2 Å². The van der Waals surface area contributed by atoms with Gasteiger partial charge in [-0.2, -0.15) is 4.31 Å². The van der Waals surface area contributed by atoms with E-state index in [2.05, 4.69) is 0 Å². The third-order valence-electron chi connectivity index (χ3n) is 4.26. The number of sulfonamides is 1. The Morgan fingerprint density at radius 1 is 1.38 bits per heavy atom. The van der Waals surface area contributed by atoms with Crippen molar-refractivity contribution in [3.8, 4) is 0 Å². The minimum absolute atomic E-state index is 0.0753. The van der Waals surface area contributed by atoms with Crippen molar-refractivity contribution in [3.05, 3.63) is 29.3 Å². The van der Waals surface area contributed by atoms with Crippen LogP contribution in [0.4, 0.5) is 0 Å². The maximum absolute atomic E-state index is 12.8. The molecule has 1 fully saturated rings. The maximum atomic E-state index is 12.8. The third kappa shape index (κ3) is 3.13. The molecule has 1 saturated heterocycles. The minimum Gasteiger partial charge on any atom is -0.377 e. The molecule has 2 N–H and O–H groups in total. The largest absolute Gasteiger partial charge is 0.377 e. The number of hydrogen-bond acceptors (Lipinski definition) is 4. The van der Waals surface area contributed by atoms with Crippen molar-refractivity contribution in [2.45, 2.75) is 50.3 Å². The number of hydrogen-bond donors (Lipinski definition) is 1. The van der Waals surface area contributed by atoms with Crippen LogP contribution in [0.1, 0.15) is 31.4 Å². The SMILES string of the molecule is CCc1ccc(S(=O)(=O)N(C)C2CCOC2C)cc1CN. The molecule has 0 bridgehead atoms. The fraction of sp³-hybridized carbons (Fsp3) is 0.600. The van der Waals surface area contributed by atoms with E-state index < -0.39 is 10.0 Å². The van der Waals surface area contributed by atoms with Crippen LogP contribution < -0.4 is 5.73 Å². The summed E-state index contributed by atoms with van der Waals surface area (Å²) in [6.45, 7) is 4.90. The number of benzene rings is 1. The molecule has 21 heavy (non-hydrogen) atoms. The van der Waals surface area contributed by atoms with Gasteiger partial charge in [0.15, 0.2) is 0 Å². The fourth-order valence-electron chi connectivity index (χ4n) is 2.84. The van der Waals surface area contributed by atoms with Crippen molar-refractivity contribution in [3.63, 3.8) is 0 Å². The van der Waals surface area contributed by atoms with Gasteiger partial charge in [-0.1, -0.05) is 13.0 Å². The zero-order valence-corrected chi connectivity index (χ0v) is 13.7. The summed E-state index contributed by atoms with van der Waals surface area (Å²) in [6.07, 6.45) is 1.50. The van der Waals surface area contributed by atoms with Crippen molar-refractivity contribution in [2.24, 2.45) is 5.73 Å². The zero-order valence-electron chi connectivity index (χ0n) is 12.9. The van der Waals surface area contributed by atoms with Crippen molar-refractivity contribution < 1.29 is 13.2 Å². The predicted molar refractivity (Wildman–Crippen MR) is 82.5 cm³/mol. The minimum atomic E-state index is -3.52. The summed E-state index contributed by atoms with van der Waals surface area (Å²) in [4.78, 5) is 0.307. The average molecular weight is 312 g/mol. The van der Waals surface area contributed by atoms with Gasteiger partial charge in [-0.05, 0) is 43.0 Å². The van der Waals surface area contributed by atoms with Crippen molar-refractivity contribution in [2.75, 3.05) is 13.7 Å². The molecular weight excluding hydrogens is 288 g/mol. The molecule has 2 unspecified atom stereocenters. The molecule has 5 nitrogen and oxygen atoms in total. The van der Waals surface area contributed by atoms with Crippen LogP contribution in [0, 0.1) is 0 Å². The highest BCUT2D eigenvalue weighted by atomic mass is 32.2. The Bertz CT molecular complexity index is 601. The summed E-state index contributed by atoms with van der Waals surface area (Å²) in [5.41, 5.74) is 7.72. The number of rotatable bonds is 5. The topological polar surface area (TPSA) is 72.6 Å². The van der Waals surface area contributed by atoms with Gasteiger partial charge in [0.1, 0.15) is 0 Å². The van der Waals surface area contributed by atoms with E-state index in [-0.39, 0.29) is 12.1 Å². The second-order valence-corrected chi connectivity index (χ2v) is 7.44. The van der Waals surface area contributed by atoms with E-state index in [1.165, 1.54) is 4.31 Å². The molecule has 2 rings (SSSR count). The Morgan fingerprint density at radius 3 is 2.62 bits per heavy atom. The van der Waals surface area contributed by atoms with Crippen molar-refractivity contribution in [1.82, 2.24) is 4.31 Å². The Balaban J connectivity index is 2.35. The lowest BCUT2D eigenvalue weighted by Crippen LogP contribution is -2.40. The van der Waals surface area contributed by atoms with Crippen molar-refractivity contribution in [1.29, 1.82) is 0 Å². The Morgan fingerprint density at radius 2 is 2.10 bits per heavy atom. The van der Waals surface area contributed by atoms with Gasteiger partial charge in [-0.15, -0.1) is 0 Å². The van der Waals surface area contributed by atoms with Crippen LogP contribution in [0.3, 0.4) is 0 Å². The second kappa shape index (κ2) is 6.44. The first-order valence-corrected chi connectivity index (χ1v) is 8.77. The molecule has 0 aromatic heterocycles. The van der Waals surface area contributed by atoms with Gasteiger partial charge in [-0.3, -0.25) is 0 Å². The summed E-state index contributed by atoms with van der Waals surface area (Å²) in [6, 6.07) is 5.12. The van der Waals surface area contributed by atoms with Gasteiger partial charge < -0.3 is 10.5 Å². The van der Waals surface area contributed by atoms with Crippen molar-refractivity contribution >= 4 is 10.0 Å². The lowest BCUT2D eigenvalue weighted by molar-refractivity contribution is 0.102. The highest BCUT2D eigenvalue weighted by Gasteiger charge is 2.35. The first kappa shape index (κ1) is 16.4. The van der Waals surface area contributed by atoms with Gasteiger partial charge >= 0.3 is 0 Å². The summed E-state index contributed by atoms with van der Waals surface area (Å²) < 4.78 is 32.4. The first-order chi connectivity index (χ1) is 9.91. The Kier molecular flexibility index (Phi) is 5.03. The van der Waals surface area contributed by atoms with Crippen LogP contribution in [0.2, 0.25) is 0 Å². The van der Waals surface area contributed by atoms with Gasteiger partial charge in [0.25, 0.3) is 0 Å². The number of nitrogens with zero attached hydrogens (tertiary/aromatic N) is 1. The molecule has 1 aromatic rings. The number of ether oxygens (including phenoxy) is 1. The Labute approximate surface area is 127 Å². The maximum Gasteiger partial charge on any atom is 0.243 e. The second-order valence-electron chi connectivity index (χ2n) is 5.44. The van der Waals surface area contributed by atoms with E-state index in [4.69, 9.17) is 10.5 Å². The molecule has 0 spiro atoms. The fourth-order valence-corrected chi connectivity index (χ4v) is 4.34. The average Bonchev–Trinajstić information content (AvgIpc) is 2.91. The van der Waals surface area contributed by atoms with Crippen LogP contribution in [0.5, 0.6) is 0 Å². The zero-order chi connectivity index (χ0) is 15.6. The first-order valence-electron chi connectivity index (χ1n) is 7.33. The third-order valence-corrected chi connectivity index (χ3v) is 6.14. The van der Waals surface area contributed by atoms with Gasteiger partial charge in [0.05, 0.1) is 17.0 Å². The van der Waals surface area contributed by atoms with E-state index in [1.54, 1.807) is 19.2 Å². The summed E-state index contributed by atoms with van der Waals surface area (Å²) in [5.74, 6) is 0. The smallest absolute Gasteiger partial charge is 0.243 e. The summed E-state index contributed by atoms with van der Waals surface area (Å²) in [5, 5.41) is 0. The summed E-state index contributed by atoms with van der Waals surface area (Å²) in [7, 11) is -1.89. The molecule has 0 aliphatic carbocycles. The van der Waals surface area contributed by atoms with Crippen LogP contribution in [0.25, 0.3) is 0 Å². The molecule has 1 heterocycles. The predicted octanol–water partition coefficient (Wildman–Crippen LogP) is 1.51. The highest BCUT2D eigenvalue weighted by Crippen LogP contribution is 2.26. The van der Waals surface area contributed by atoms with E-state index in [9.17, 15) is 8.42 Å². The molecule has 1 aromatic carbocycles. The van der Waals surface area contributed by atoms with E-state index in [1.807, 2.05) is 19.9 Å². The van der Waals surface area contributed by atoms with Gasteiger partial charge in [-0.25, -0.2) is 8.42 Å². The monoisotopic (exact) mass is 312 g/mol. The lowest BCUT2D eigenvalue weighted by Gasteiger charge is -2.26. The van der Waals surface area contributed by atoms with Crippen LogP contribution in [-0.2, 0) is 27.7 Å². The van der Waals surface area contributed by atoms with Crippen LogP contribution >= 0.6 is 0 Å². The lowest BCUT2D eigenvalue weighted by atomic mass is 10.1. The molecule has 0 amide bonds. The summed E-state index contributed by atoms with van der Waals surface area (Å²) >= 11 is 0. The molecule has 0 radical (unpaired) electrons. The molecule has 6 heteroatoms. The van der Waals surface area contributed by atoms with Crippen LogP contribution in [0.15, 0.2) is 23.1 Å². The number of aryl methyl sites for hydroxylation is 1. The molecule has 118 valence electrons. The van der Waals surface area contributed by atoms with Gasteiger partial charge in [0.2, 0.25) is 10.0 Å². The van der Waals surface area contributed by atoms with E-state index in [0.717, 1.165) is 24.0 Å². The molecule has 1 aliphatic rings. The molecular formula is C15H24N2O3S. The molecule has 1 aliphatic heterocycles. The standard InChI is InChI=1S/C15H24N2O3S/c1-4-12-5-6-14(9-13(12)10-16)21(18,19)17(3)15-7-8-20-11(15)2/h5-6,9,11,15H,4,7-8,10,16H2,1-3H3. The van der Waals surface area contributed by atoms with E-state index in [0.29, 0.717) is 18.0 Å². The highest BCUT2D eigenvalue weighted by molar-refractivity contribution is 7.89. The van der Waals surface area contributed by atoms with Crippen LogP contribution in [-0.4, -0.2) is 38.5 Å².